The van der Waals surface area contributed by atoms with Crippen LogP contribution >= 0.6 is 23.1 Å². The summed E-state index contributed by atoms with van der Waals surface area (Å²) in [5, 5.41) is 4.71. The zero-order valence-corrected chi connectivity index (χ0v) is 15.0. The van der Waals surface area contributed by atoms with Crippen molar-refractivity contribution >= 4 is 35.0 Å². The van der Waals surface area contributed by atoms with E-state index in [4.69, 9.17) is 9.47 Å². The standard InChI is InChI=1S/C17H19NO4S2/c1-21-14-6-4-13(5-7-14)9-18-16(19)10-22-17(20)12-23-11-15-3-2-8-24-15/h2-8H,9-12H2,1H3,(H,18,19). The number of carbonyl (C=O) groups is 2. The Morgan fingerprint density at radius 2 is 2.00 bits per heavy atom. The van der Waals surface area contributed by atoms with E-state index in [9.17, 15) is 9.59 Å². The van der Waals surface area contributed by atoms with E-state index in [-0.39, 0.29) is 24.2 Å². The summed E-state index contributed by atoms with van der Waals surface area (Å²) in [6, 6.07) is 11.4. The van der Waals surface area contributed by atoms with Gasteiger partial charge in [-0.3, -0.25) is 9.59 Å². The number of benzene rings is 1. The first kappa shape index (κ1) is 18.4. The first-order chi connectivity index (χ1) is 11.7. The fourth-order valence-electron chi connectivity index (χ4n) is 1.81. The third-order valence-corrected chi connectivity index (χ3v) is 5.07. The fourth-order valence-corrected chi connectivity index (χ4v) is 3.47. The molecule has 0 unspecified atom stereocenters. The van der Waals surface area contributed by atoms with Crippen molar-refractivity contribution in [3.63, 3.8) is 0 Å². The molecule has 1 N–H and O–H groups in total. The highest BCUT2D eigenvalue weighted by Crippen LogP contribution is 2.17. The fraction of sp³-hybridized carbons (Fsp3) is 0.294. The van der Waals surface area contributed by atoms with Gasteiger partial charge < -0.3 is 14.8 Å². The third-order valence-electron chi connectivity index (χ3n) is 3.06. The minimum Gasteiger partial charge on any atom is -0.497 e. The van der Waals surface area contributed by atoms with Crippen molar-refractivity contribution in [2.45, 2.75) is 12.3 Å². The average Bonchev–Trinajstić information content (AvgIpc) is 3.12. The number of thioether (sulfide) groups is 1. The Labute approximate surface area is 149 Å². The Morgan fingerprint density at radius 3 is 2.67 bits per heavy atom. The molecule has 1 amide bonds. The Morgan fingerprint density at radius 1 is 1.21 bits per heavy atom. The molecule has 0 radical (unpaired) electrons. The van der Waals surface area contributed by atoms with E-state index in [0.29, 0.717) is 6.54 Å². The molecule has 24 heavy (non-hydrogen) atoms. The monoisotopic (exact) mass is 365 g/mol. The summed E-state index contributed by atoms with van der Waals surface area (Å²) in [6.45, 7) is 0.127. The van der Waals surface area contributed by atoms with E-state index in [1.807, 2.05) is 41.8 Å². The van der Waals surface area contributed by atoms with Crippen LogP contribution in [0.1, 0.15) is 10.4 Å². The first-order valence-electron chi connectivity index (χ1n) is 7.33. The molecular formula is C17H19NO4S2. The second-order valence-corrected chi connectivity index (χ2v) is 6.88. The zero-order chi connectivity index (χ0) is 17.2. The second kappa shape index (κ2) is 10.00. The topological polar surface area (TPSA) is 64.6 Å². The van der Waals surface area contributed by atoms with Gasteiger partial charge in [0.05, 0.1) is 12.9 Å². The van der Waals surface area contributed by atoms with E-state index in [2.05, 4.69) is 5.32 Å². The van der Waals surface area contributed by atoms with Gasteiger partial charge in [-0.15, -0.1) is 23.1 Å². The number of methoxy groups -OCH3 is 1. The highest BCUT2D eigenvalue weighted by Gasteiger charge is 2.08. The first-order valence-corrected chi connectivity index (χ1v) is 9.36. The van der Waals surface area contributed by atoms with Gasteiger partial charge in [-0.25, -0.2) is 0 Å². The van der Waals surface area contributed by atoms with Crippen LogP contribution < -0.4 is 10.1 Å². The lowest BCUT2D eigenvalue weighted by Gasteiger charge is -2.07. The lowest BCUT2D eigenvalue weighted by molar-refractivity contribution is -0.145. The molecule has 0 atom stereocenters. The molecule has 0 spiro atoms. The number of ether oxygens (including phenoxy) is 2. The maximum absolute atomic E-state index is 11.7. The van der Waals surface area contributed by atoms with E-state index < -0.39 is 0 Å². The summed E-state index contributed by atoms with van der Waals surface area (Å²) in [5.74, 6) is 1.08. The predicted octanol–water partition coefficient (Wildman–Crippen LogP) is 2.85. The van der Waals surface area contributed by atoms with E-state index in [1.165, 1.54) is 16.6 Å². The van der Waals surface area contributed by atoms with Crippen LogP contribution in [0.4, 0.5) is 0 Å². The van der Waals surface area contributed by atoms with Crippen molar-refractivity contribution in [3.8, 4) is 5.75 Å². The average molecular weight is 365 g/mol. The number of hydrogen-bond acceptors (Lipinski definition) is 6. The number of hydrogen-bond donors (Lipinski definition) is 1. The molecule has 7 heteroatoms. The number of thiophene rings is 1. The van der Waals surface area contributed by atoms with Crippen LogP contribution in [-0.2, 0) is 26.6 Å². The number of nitrogens with one attached hydrogen (secondary N) is 1. The molecule has 0 aliphatic heterocycles. The number of amides is 1. The van der Waals surface area contributed by atoms with Crippen LogP contribution in [-0.4, -0.2) is 31.3 Å². The molecule has 0 aliphatic rings. The smallest absolute Gasteiger partial charge is 0.316 e. The van der Waals surface area contributed by atoms with Gasteiger partial charge in [-0.2, -0.15) is 0 Å². The summed E-state index contributed by atoms with van der Waals surface area (Å²) in [4.78, 5) is 24.5. The van der Waals surface area contributed by atoms with Gasteiger partial charge in [0.25, 0.3) is 5.91 Å². The lowest BCUT2D eigenvalue weighted by Crippen LogP contribution is -2.28. The van der Waals surface area contributed by atoms with Crippen LogP contribution in [0, 0.1) is 0 Å². The highest BCUT2D eigenvalue weighted by atomic mass is 32.2. The summed E-state index contributed by atoms with van der Waals surface area (Å²) in [7, 11) is 1.60. The molecule has 0 saturated heterocycles. The van der Waals surface area contributed by atoms with Gasteiger partial charge in [0.1, 0.15) is 5.75 Å². The van der Waals surface area contributed by atoms with Crippen LogP contribution in [0.25, 0.3) is 0 Å². The molecule has 2 rings (SSSR count). The van der Waals surface area contributed by atoms with Crippen LogP contribution in [0.3, 0.4) is 0 Å². The van der Waals surface area contributed by atoms with Crippen LogP contribution in [0.5, 0.6) is 5.75 Å². The highest BCUT2D eigenvalue weighted by molar-refractivity contribution is 7.99. The normalized spacial score (nSPS) is 10.2. The maximum Gasteiger partial charge on any atom is 0.316 e. The molecular weight excluding hydrogens is 346 g/mol. The molecule has 2 aromatic rings. The summed E-state index contributed by atoms with van der Waals surface area (Å²) < 4.78 is 10.0. The van der Waals surface area contributed by atoms with Gasteiger partial charge in [-0.05, 0) is 29.1 Å². The van der Waals surface area contributed by atoms with Crippen molar-refractivity contribution in [3.05, 3.63) is 52.2 Å². The van der Waals surface area contributed by atoms with Gasteiger partial charge in [-0.1, -0.05) is 18.2 Å². The summed E-state index contributed by atoms with van der Waals surface area (Å²) in [6.07, 6.45) is 0. The van der Waals surface area contributed by atoms with Crippen molar-refractivity contribution in [1.82, 2.24) is 5.32 Å². The lowest BCUT2D eigenvalue weighted by atomic mass is 10.2. The Hall–Kier alpha value is -1.99. The Kier molecular flexibility index (Phi) is 7.64. The number of rotatable bonds is 9. The minimum absolute atomic E-state index is 0.240. The molecule has 1 heterocycles. The van der Waals surface area contributed by atoms with Crippen molar-refractivity contribution < 1.29 is 19.1 Å². The largest absolute Gasteiger partial charge is 0.497 e. The molecule has 0 aliphatic carbocycles. The van der Waals surface area contributed by atoms with E-state index in [0.717, 1.165) is 17.1 Å². The maximum atomic E-state index is 11.7. The SMILES string of the molecule is COc1ccc(CNC(=O)COC(=O)CSCc2cccs2)cc1. The second-order valence-electron chi connectivity index (χ2n) is 4.86. The molecule has 0 fully saturated rings. The van der Waals surface area contributed by atoms with Crippen molar-refractivity contribution in [2.75, 3.05) is 19.5 Å². The molecule has 1 aromatic heterocycles. The third kappa shape index (κ3) is 6.64. The van der Waals surface area contributed by atoms with Crippen molar-refractivity contribution in [2.24, 2.45) is 0 Å². The summed E-state index contributed by atoms with van der Waals surface area (Å²) >= 11 is 3.13. The molecule has 5 nitrogen and oxygen atoms in total. The zero-order valence-electron chi connectivity index (χ0n) is 13.3. The van der Waals surface area contributed by atoms with Gasteiger partial charge >= 0.3 is 5.97 Å². The van der Waals surface area contributed by atoms with Gasteiger partial charge in [0.15, 0.2) is 6.61 Å². The van der Waals surface area contributed by atoms with Crippen molar-refractivity contribution in [1.29, 1.82) is 0 Å². The number of carbonyl (C=O) groups excluding carboxylic acids is 2. The molecule has 0 saturated carbocycles. The molecule has 1 aromatic carbocycles. The van der Waals surface area contributed by atoms with Crippen LogP contribution in [0.15, 0.2) is 41.8 Å². The van der Waals surface area contributed by atoms with Gasteiger partial charge in [0, 0.05) is 17.2 Å². The Balaban J connectivity index is 1.58. The quantitative estimate of drug-likeness (QED) is 0.692. The predicted molar refractivity (Wildman–Crippen MR) is 96.3 cm³/mol. The number of esters is 1. The van der Waals surface area contributed by atoms with E-state index >= 15 is 0 Å². The summed E-state index contributed by atoms with van der Waals surface area (Å²) in [5.41, 5.74) is 0.946. The Bertz CT molecular complexity index is 641. The molecule has 128 valence electrons. The molecule has 0 bridgehead atoms. The van der Waals surface area contributed by atoms with Crippen LogP contribution in [0.2, 0.25) is 0 Å². The van der Waals surface area contributed by atoms with E-state index in [1.54, 1.807) is 18.4 Å². The minimum atomic E-state index is -0.379. The van der Waals surface area contributed by atoms with Gasteiger partial charge in [0.2, 0.25) is 0 Å².